The van der Waals surface area contributed by atoms with E-state index < -0.39 is 0 Å². The molecule has 5 nitrogen and oxygen atoms in total. The van der Waals surface area contributed by atoms with Gasteiger partial charge in [-0.15, -0.1) is 0 Å². The first-order chi connectivity index (χ1) is 11.7. The zero-order valence-electron chi connectivity index (χ0n) is 14.4. The van der Waals surface area contributed by atoms with Crippen LogP contribution in [0.2, 0.25) is 0 Å². The van der Waals surface area contributed by atoms with Crippen LogP contribution in [-0.4, -0.2) is 47.1 Å². The molecule has 2 fully saturated rings. The van der Waals surface area contributed by atoms with Gasteiger partial charge >= 0.3 is 0 Å². The Morgan fingerprint density at radius 1 is 1.12 bits per heavy atom. The van der Waals surface area contributed by atoms with E-state index in [4.69, 9.17) is 0 Å². The molecule has 2 aliphatic rings. The summed E-state index contributed by atoms with van der Waals surface area (Å²) in [4.78, 5) is 20.8. The van der Waals surface area contributed by atoms with Gasteiger partial charge in [0.2, 0.25) is 5.91 Å². The minimum Gasteiger partial charge on any atom is -0.387 e. The molecular weight excluding hydrogens is 302 g/mol. The summed E-state index contributed by atoms with van der Waals surface area (Å²) in [5.74, 6) is 0.992. The maximum Gasteiger partial charge on any atom is 0.222 e. The topological polar surface area (TPSA) is 56.7 Å². The predicted octanol–water partition coefficient (Wildman–Crippen LogP) is 3.00. The number of aliphatic hydroxyl groups excluding tert-OH is 1. The van der Waals surface area contributed by atoms with Crippen molar-refractivity contribution in [3.05, 3.63) is 30.6 Å². The minimum absolute atomic E-state index is 0.301. The molecular formula is C19H28N3O2. The van der Waals surface area contributed by atoms with Crippen molar-refractivity contribution in [2.24, 2.45) is 5.92 Å². The number of hydrogen-bond acceptors (Lipinski definition) is 4. The molecule has 1 aromatic rings. The molecule has 131 valence electrons. The Labute approximate surface area is 144 Å². The number of anilines is 1. The van der Waals surface area contributed by atoms with E-state index in [1.807, 2.05) is 29.4 Å². The number of hydrogen-bond donors (Lipinski definition) is 1. The Hall–Kier alpha value is -1.62. The Kier molecular flexibility index (Phi) is 6.07. The van der Waals surface area contributed by atoms with E-state index in [9.17, 15) is 9.90 Å². The van der Waals surface area contributed by atoms with Gasteiger partial charge in [0.1, 0.15) is 0 Å². The van der Waals surface area contributed by atoms with E-state index in [0.29, 0.717) is 24.3 Å². The third-order valence-corrected chi connectivity index (χ3v) is 5.35. The van der Waals surface area contributed by atoms with Crippen LogP contribution in [0.1, 0.15) is 44.9 Å². The second-order valence-electron chi connectivity index (χ2n) is 6.98. The number of carbonyl (C=O) groups excluding carboxylic acids is 1. The maximum absolute atomic E-state index is 12.4. The normalized spacial score (nSPS) is 20.4. The molecule has 2 heterocycles. The number of piperazine rings is 1. The first kappa shape index (κ1) is 17.2. The van der Waals surface area contributed by atoms with Crippen molar-refractivity contribution in [2.75, 3.05) is 31.1 Å². The second-order valence-corrected chi connectivity index (χ2v) is 6.98. The first-order valence-electron chi connectivity index (χ1n) is 9.19. The zero-order chi connectivity index (χ0) is 16.8. The average Bonchev–Trinajstić information content (AvgIpc) is 2.64. The predicted molar refractivity (Wildman–Crippen MR) is 94.0 cm³/mol. The van der Waals surface area contributed by atoms with Crippen LogP contribution in [0.5, 0.6) is 0 Å². The number of aromatic nitrogens is 1. The lowest BCUT2D eigenvalue weighted by atomic mass is 9.84. The molecule has 1 aliphatic heterocycles. The van der Waals surface area contributed by atoms with Crippen LogP contribution in [0.3, 0.4) is 0 Å². The smallest absolute Gasteiger partial charge is 0.222 e. The van der Waals surface area contributed by atoms with Crippen LogP contribution in [0.25, 0.3) is 0 Å². The van der Waals surface area contributed by atoms with Crippen molar-refractivity contribution < 1.29 is 9.90 Å². The Bertz CT molecular complexity index is 507. The fraction of sp³-hybridized carbons (Fsp3) is 0.632. The summed E-state index contributed by atoms with van der Waals surface area (Å²) in [5.41, 5.74) is 1.19. The summed E-state index contributed by atoms with van der Waals surface area (Å²) in [6, 6.07) is 4.05. The number of nitrogens with zero attached hydrogens (tertiary/aromatic N) is 3. The molecule has 1 aliphatic carbocycles. The summed E-state index contributed by atoms with van der Waals surface area (Å²) in [5, 5.41) is 9.46. The van der Waals surface area contributed by atoms with Gasteiger partial charge in [-0.2, -0.15) is 0 Å². The van der Waals surface area contributed by atoms with Crippen molar-refractivity contribution in [3.8, 4) is 0 Å². The molecule has 1 radical (unpaired) electrons. The lowest BCUT2D eigenvalue weighted by Crippen LogP contribution is -2.48. The Morgan fingerprint density at radius 3 is 2.46 bits per heavy atom. The second kappa shape index (κ2) is 8.47. The SMILES string of the molecule is O=C(CCCC1CC[C](O)CC1)N1CCN(c2ccncc2)CC1. The molecule has 0 aromatic carbocycles. The van der Waals surface area contributed by atoms with Crippen LogP contribution < -0.4 is 4.90 Å². The number of aliphatic hydroxyl groups is 1. The van der Waals surface area contributed by atoms with Crippen LogP contribution in [0, 0.1) is 12.0 Å². The van der Waals surface area contributed by atoms with Crippen LogP contribution >= 0.6 is 0 Å². The number of carbonyl (C=O) groups is 1. The lowest BCUT2D eigenvalue weighted by Gasteiger charge is -2.36. The van der Waals surface area contributed by atoms with Gasteiger partial charge in [0.15, 0.2) is 0 Å². The van der Waals surface area contributed by atoms with Gasteiger partial charge in [-0.1, -0.05) is 0 Å². The zero-order valence-corrected chi connectivity index (χ0v) is 14.4. The van der Waals surface area contributed by atoms with Crippen LogP contribution in [0.15, 0.2) is 24.5 Å². The molecule has 1 aromatic heterocycles. The molecule has 5 heteroatoms. The lowest BCUT2D eigenvalue weighted by molar-refractivity contribution is -0.131. The van der Waals surface area contributed by atoms with E-state index in [1.54, 1.807) is 0 Å². The van der Waals surface area contributed by atoms with Gasteiger partial charge in [-0.3, -0.25) is 9.78 Å². The standard InChI is InChI=1S/C19H28N3O2/c23-18-6-4-16(5-7-18)2-1-3-19(24)22-14-12-21(13-15-22)17-8-10-20-11-9-17/h8-11,16,23H,1-7,12-15H2. The summed E-state index contributed by atoms with van der Waals surface area (Å²) >= 11 is 0. The van der Waals surface area contributed by atoms with Gasteiger partial charge in [-0.25, -0.2) is 0 Å². The molecule has 1 N–H and O–H groups in total. The fourth-order valence-electron chi connectivity index (χ4n) is 3.77. The minimum atomic E-state index is 0.301. The monoisotopic (exact) mass is 330 g/mol. The third kappa shape index (κ3) is 4.69. The molecule has 1 saturated heterocycles. The molecule has 24 heavy (non-hydrogen) atoms. The van der Waals surface area contributed by atoms with E-state index in [2.05, 4.69) is 9.88 Å². The van der Waals surface area contributed by atoms with Crippen LogP contribution in [0.4, 0.5) is 5.69 Å². The van der Waals surface area contributed by atoms with E-state index in [-0.39, 0.29) is 0 Å². The largest absolute Gasteiger partial charge is 0.387 e. The molecule has 0 bridgehead atoms. The highest BCUT2D eigenvalue weighted by Crippen LogP contribution is 2.31. The van der Waals surface area contributed by atoms with Crippen molar-refractivity contribution in [2.45, 2.75) is 44.9 Å². The van der Waals surface area contributed by atoms with Gasteiger partial charge in [0, 0.05) is 50.7 Å². The highest BCUT2D eigenvalue weighted by Gasteiger charge is 2.23. The highest BCUT2D eigenvalue weighted by atomic mass is 16.3. The first-order valence-corrected chi connectivity index (χ1v) is 9.19. The molecule has 1 amide bonds. The third-order valence-electron chi connectivity index (χ3n) is 5.35. The maximum atomic E-state index is 12.4. The van der Waals surface area contributed by atoms with Crippen LogP contribution in [-0.2, 0) is 4.79 Å². The Morgan fingerprint density at radius 2 is 1.79 bits per heavy atom. The number of amides is 1. The van der Waals surface area contributed by atoms with Crippen molar-refractivity contribution >= 4 is 11.6 Å². The van der Waals surface area contributed by atoms with Crippen molar-refractivity contribution in [1.29, 1.82) is 0 Å². The number of rotatable bonds is 5. The van der Waals surface area contributed by atoms with Crippen molar-refractivity contribution in [1.82, 2.24) is 9.88 Å². The van der Waals surface area contributed by atoms with E-state index in [0.717, 1.165) is 64.7 Å². The quantitative estimate of drug-likeness (QED) is 0.902. The highest BCUT2D eigenvalue weighted by molar-refractivity contribution is 5.76. The average molecular weight is 330 g/mol. The summed E-state index contributed by atoms with van der Waals surface area (Å²) in [6.45, 7) is 3.42. The molecule has 0 unspecified atom stereocenters. The Balaban J connectivity index is 1.35. The number of pyridine rings is 1. The summed E-state index contributed by atoms with van der Waals surface area (Å²) in [7, 11) is 0. The van der Waals surface area contributed by atoms with E-state index in [1.165, 1.54) is 5.69 Å². The van der Waals surface area contributed by atoms with E-state index >= 15 is 0 Å². The van der Waals surface area contributed by atoms with Gasteiger partial charge in [0.25, 0.3) is 0 Å². The van der Waals surface area contributed by atoms with Gasteiger partial charge < -0.3 is 14.9 Å². The van der Waals surface area contributed by atoms with Gasteiger partial charge in [0.05, 0.1) is 6.10 Å². The van der Waals surface area contributed by atoms with Crippen molar-refractivity contribution in [3.63, 3.8) is 0 Å². The molecule has 1 saturated carbocycles. The summed E-state index contributed by atoms with van der Waals surface area (Å²) < 4.78 is 0. The molecule has 3 rings (SSSR count). The fourth-order valence-corrected chi connectivity index (χ4v) is 3.77. The molecule has 0 atom stereocenters. The van der Waals surface area contributed by atoms with Gasteiger partial charge in [-0.05, 0) is 56.6 Å². The summed E-state index contributed by atoms with van der Waals surface area (Å²) in [6.07, 6.45) is 11.0. The molecule has 0 spiro atoms.